The summed E-state index contributed by atoms with van der Waals surface area (Å²) < 4.78 is 15.0. The van der Waals surface area contributed by atoms with E-state index < -0.39 is 11.9 Å². The largest absolute Gasteiger partial charge is 0.478 e. The molecule has 0 radical (unpaired) electrons. The minimum atomic E-state index is -1.29. The molecule has 2 rings (SSSR count). The molecule has 6 heteroatoms. The van der Waals surface area contributed by atoms with E-state index in [1.54, 1.807) is 0 Å². The fourth-order valence-electron chi connectivity index (χ4n) is 1.17. The zero-order chi connectivity index (χ0) is 10.3. The van der Waals surface area contributed by atoms with Crippen molar-refractivity contribution in [1.29, 1.82) is 0 Å². The molecule has 0 aromatic carbocycles. The molecule has 0 saturated carbocycles. The van der Waals surface area contributed by atoms with Crippen LogP contribution in [0.5, 0.6) is 0 Å². The Hall–Kier alpha value is -1.43. The summed E-state index contributed by atoms with van der Waals surface area (Å²) in [5.74, 6) is -2.09. The van der Waals surface area contributed by atoms with Gasteiger partial charge in [-0.1, -0.05) is 0 Å². The summed E-state index contributed by atoms with van der Waals surface area (Å²) in [6.45, 7) is 0. The number of rotatable bonds is 1. The van der Waals surface area contributed by atoms with Gasteiger partial charge in [-0.25, -0.2) is 9.78 Å². The van der Waals surface area contributed by atoms with E-state index in [9.17, 15) is 9.18 Å². The van der Waals surface area contributed by atoms with Crippen molar-refractivity contribution in [3.05, 3.63) is 34.6 Å². The van der Waals surface area contributed by atoms with E-state index in [-0.39, 0.29) is 5.56 Å². The Morgan fingerprint density at radius 2 is 2.36 bits per heavy atom. The lowest BCUT2D eigenvalue weighted by Crippen LogP contribution is -1.98. The van der Waals surface area contributed by atoms with Crippen LogP contribution in [-0.4, -0.2) is 20.5 Å². The van der Waals surface area contributed by atoms with E-state index in [0.29, 0.717) is 10.1 Å². The quantitative estimate of drug-likeness (QED) is 0.851. The molecular weight excluding hydrogens is 255 g/mol. The Balaban J connectivity index is 2.80. The van der Waals surface area contributed by atoms with Crippen molar-refractivity contribution in [2.75, 3.05) is 0 Å². The van der Waals surface area contributed by atoms with Crippen molar-refractivity contribution in [1.82, 2.24) is 9.38 Å². The minimum absolute atomic E-state index is 0.357. The van der Waals surface area contributed by atoms with Crippen LogP contribution in [0, 0.1) is 5.95 Å². The Morgan fingerprint density at radius 1 is 1.64 bits per heavy atom. The molecule has 0 aliphatic rings. The number of nitrogens with zero attached hydrogens (tertiary/aromatic N) is 2. The second-order valence-electron chi connectivity index (χ2n) is 2.66. The molecule has 0 aliphatic carbocycles. The normalized spacial score (nSPS) is 10.7. The van der Waals surface area contributed by atoms with Crippen molar-refractivity contribution in [3.63, 3.8) is 0 Å². The number of carboxylic acid groups (broad SMARTS) is 1. The second-order valence-corrected chi connectivity index (χ2v) is 3.47. The Morgan fingerprint density at radius 3 is 3.00 bits per heavy atom. The molecule has 0 spiro atoms. The van der Waals surface area contributed by atoms with E-state index in [2.05, 4.69) is 20.9 Å². The van der Waals surface area contributed by atoms with Gasteiger partial charge >= 0.3 is 5.97 Å². The molecule has 14 heavy (non-hydrogen) atoms. The van der Waals surface area contributed by atoms with E-state index in [1.165, 1.54) is 18.5 Å². The summed E-state index contributed by atoms with van der Waals surface area (Å²) in [4.78, 5) is 14.4. The average Bonchev–Trinajstić information content (AvgIpc) is 2.44. The van der Waals surface area contributed by atoms with Crippen molar-refractivity contribution in [2.45, 2.75) is 0 Å². The first kappa shape index (κ1) is 9.14. The molecule has 2 aromatic heterocycles. The summed E-state index contributed by atoms with van der Waals surface area (Å²) in [5.41, 5.74) is 0.0491. The van der Waals surface area contributed by atoms with Crippen molar-refractivity contribution in [3.8, 4) is 0 Å². The van der Waals surface area contributed by atoms with Crippen LogP contribution < -0.4 is 0 Å². The first-order valence-corrected chi connectivity index (χ1v) is 4.44. The summed E-state index contributed by atoms with van der Waals surface area (Å²) in [7, 11) is 0. The van der Waals surface area contributed by atoms with Gasteiger partial charge in [-0.05, 0) is 22.0 Å². The Labute approximate surface area is 86.1 Å². The van der Waals surface area contributed by atoms with Crippen LogP contribution in [0.2, 0.25) is 0 Å². The molecule has 0 amide bonds. The number of fused-ring (bicyclic) bond motifs is 1. The maximum absolute atomic E-state index is 13.4. The lowest BCUT2D eigenvalue weighted by Gasteiger charge is -1.94. The molecule has 4 nitrogen and oxygen atoms in total. The molecule has 2 heterocycles. The molecule has 0 unspecified atom stereocenters. The molecule has 0 aliphatic heterocycles. The molecule has 0 fully saturated rings. The highest BCUT2D eigenvalue weighted by Crippen LogP contribution is 2.16. The fraction of sp³-hybridized carbons (Fsp3) is 0. The zero-order valence-corrected chi connectivity index (χ0v) is 8.32. The number of hydrogen-bond acceptors (Lipinski definition) is 2. The smallest absolute Gasteiger partial charge is 0.340 e. The third-order valence-corrected chi connectivity index (χ3v) is 2.20. The van der Waals surface area contributed by atoms with Gasteiger partial charge < -0.3 is 5.11 Å². The molecule has 0 saturated heterocycles. The molecule has 2 aromatic rings. The number of carbonyl (C=O) groups is 1. The summed E-state index contributed by atoms with van der Waals surface area (Å²) in [5, 5.41) is 8.65. The van der Waals surface area contributed by atoms with Gasteiger partial charge in [-0.2, -0.15) is 4.39 Å². The predicted molar refractivity (Wildman–Crippen MR) is 49.8 cm³/mol. The average molecular weight is 259 g/mol. The highest BCUT2D eigenvalue weighted by atomic mass is 79.9. The van der Waals surface area contributed by atoms with Crippen molar-refractivity contribution < 1.29 is 14.3 Å². The summed E-state index contributed by atoms with van der Waals surface area (Å²) >= 11 is 3.07. The van der Waals surface area contributed by atoms with E-state index in [4.69, 9.17) is 5.11 Å². The molecule has 0 bridgehead atoms. The number of halogens is 2. The number of aromatic nitrogens is 2. The van der Waals surface area contributed by atoms with E-state index in [1.807, 2.05) is 0 Å². The molecule has 1 N–H and O–H groups in total. The summed E-state index contributed by atoms with van der Waals surface area (Å²) in [6.07, 6.45) is 2.76. The maximum Gasteiger partial charge on any atom is 0.340 e. The highest BCUT2D eigenvalue weighted by molar-refractivity contribution is 9.10. The maximum atomic E-state index is 13.4. The van der Waals surface area contributed by atoms with Crippen LogP contribution in [0.25, 0.3) is 5.52 Å². The van der Waals surface area contributed by atoms with Gasteiger partial charge in [0.2, 0.25) is 5.95 Å². The molecule has 0 atom stereocenters. The fourth-order valence-corrected chi connectivity index (χ4v) is 1.48. The van der Waals surface area contributed by atoms with Crippen LogP contribution in [0.4, 0.5) is 4.39 Å². The monoisotopic (exact) mass is 258 g/mol. The standard InChI is InChI=1S/C8H4BrFN2O2/c9-6-3-12-4(2-11-6)1-5(7(12)10)8(13)14/h1-3H,(H,13,14). The van der Waals surface area contributed by atoms with Crippen LogP contribution in [0.1, 0.15) is 10.4 Å². The van der Waals surface area contributed by atoms with Gasteiger partial charge in [0.25, 0.3) is 0 Å². The number of carboxylic acids is 1. The SMILES string of the molecule is O=C(O)c1cc2cnc(Br)cn2c1F. The lowest BCUT2D eigenvalue weighted by molar-refractivity contribution is 0.0691. The van der Waals surface area contributed by atoms with Crippen LogP contribution in [0.15, 0.2) is 23.1 Å². The molecular formula is C8H4BrFN2O2. The zero-order valence-electron chi connectivity index (χ0n) is 6.74. The number of hydrogen-bond donors (Lipinski definition) is 1. The first-order valence-electron chi connectivity index (χ1n) is 3.65. The van der Waals surface area contributed by atoms with Crippen LogP contribution in [-0.2, 0) is 0 Å². The van der Waals surface area contributed by atoms with Crippen LogP contribution >= 0.6 is 15.9 Å². The van der Waals surface area contributed by atoms with E-state index in [0.717, 1.165) is 4.40 Å². The predicted octanol–water partition coefficient (Wildman–Crippen LogP) is 1.93. The van der Waals surface area contributed by atoms with Gasteiger partial charge in [0.1, 0.15) is 10.2 Å². The second kappa shape index (κ2) is 3.06. The van der Waals surface area contributed by atoms with Crippen molar-refractivity contribution >= 4 is 27.4 Å². The highest BCUT2D eigenvalue weighted by Gasteiger charge is 2.15. The lowest BCUT2D eigenvalue weighted by atomic mass is 10.3. The van der Waals surface area contributed by atoms with Gasteiger partial charge in [0, 0.05) is 6.20 Å². The topological polar surface area (TPSA) is 54.6 Å². The van der Waals surface area contributed by atoms with E-state index >= 15 is 0 Å². The minimum Gasteiger partial charge on any atom is -0.478 e. The number of aromatic carboxylic acids is 1. The third kappa shape index (κ3) is 1.27. The Kier molecular flexibility index (Phi) is 1.99. The summed E-state index contributed by atoms with van der Waals surface area (Å²) in [6, 6.07) is 1.23. The first-order chi connectivity index (χ1) is 6.59. The third-order valence-electron chi connectivity index (χ3n) is 1.79. The molecule has 72 valence electrons. The van der Waals surface area contributed by atoms with Gasteiger partial charge in [-0.15, -0.1) is 0 Å². The van der Waals surface area contributed by atoms with Crippen LogP contribution in [0.3, 0.4) is 0 Å². The van der Waals surface area contributed by atoms with Gasteiger partial charge in [0.05, 0.1) is 11.7 Å². The van der Waals surface area contributed by atoms with Gasteiger partial charge in [0.15, 0.2) is 0 Å². The Bertz CT molecular complexity index is 523. The van der Waals surface area contributed by atoms with Gasteiger partial charge in [-0.3, -0.25) is 4.40 Å². The van der Waals surface area contributed by atoms with Crippen molar-refractivity contribution in [2.24, 2.45) is 0 Å².